The third-order valence-electron chi connectivity index (χ3n) is 7.60. The Kier molecular flexibility index (Phi) is 7.55. The van der Waals surface area contributed by atoms with Gasteiger partial charge in [0.05, 0.1) is 39.8 Å². The SMILES string of the molecule is Cn1ccc(-c2cnc(COc3cccc(-c4cc(F)c(Cc5nc6ccc(C(=O)O)cc6n5C[C@@H]5CCO5)cc4F)n3)s2)n1. The van der Waals surface area contributed by atoms with Crippen LogP contribution in [0.1, 0.15) is 33.2 Å². The molecule has 228 valence electrons. The molecule has 1 N–H and O–H groups in total. The van der Waals surface area contributed by atoms with E-state index in [1.54, 1.807) is 41.2 Å². The molecule has 0 bridgehead atoms. The Morgan fingerprint density at radius 1 is 1.11 bits per heavy atom. The zero-order valence-corrected chi connectivity index (χ0v) is 24.8. The number of aromatic nitrogens is 6. The van der Waals surface area contributed by atoms with Gasteiger partial charge in [0, 0.05) is 44.1 Å². The highest BCUT2D eigenvalue weighted by atomic mass is 32.1. The number of halogens is 2. The summed E-state index contributed by atoms with van der Waals surface area (Å²) >= 11 is 1.45. The molecule has 13 heteroatoms. The number of thiazole rings is 1. The topological polar surface area (TPSA) is 117 Å². The highest BCUT2D eigenvalue weighted by Crippen LogP contribution is 2.30. The molecule has 5 heterocycles. The first-order chi connectivity index (χ1) is 21.8. The van der Waals surface area contributed by atoms with E-state index >= 15 is 8.78 Å². The molecule has 0 amide bonds. The fraction of sp³-hybridized carbons (Fsp3) is 0.219. The summed E-state index contributed by atoms with van der Waals surface area (Å²) < 4.78 is 46.0. The van der Waals surface area contributed by atoms with E-state index in [9.17, 15) is 9.90 Å². The van der Waals surface area contributed by atoms with Gasteiger partial charge in [-0.25, -0.2) is 28.5 Å². The molecular weight excluding hydrogens is 602 g/mol. The monoisotopic (exact) mass is 628 g/mol. The number of carbonyl (C=O) groups is 1. The number of carboxylic acids is 1. The molecule has 0 unspecified atom stereocenters. The van der Waals surface area contributed by atoms with E-state index in [0.717, 1.165) is 34.1 Å². The van der Waals surface area contributed by atoms with Crippen molar-refractivity contribution in [3.05, 3.63) is 101 Å². The predicted molar refractivity (Wildman–Crippen MR) is 162 cm³/mol. The molecule has 45 heavy (non-hydrogen) atoms. The number of imidazole rings is 1. The van der Waals surface area contributed by atoms with E-state index in [0.29, 0.717) is 30.0 Å². The normalized spacial score (nSPS) is 14.5. The maximum Gasteiger partial charge on any atom is 0.335 e. The van der Waals surface area contributed by atoms with Gasteiger partial charge in [0.2, 0.25) is 5.88 Å². The van der Waals surface area contributed by atoms with Gasteiger partial charge in [0.15, 0.2) is 0 Å². The zero-order valence-electron chi connectivity index (χ0n) is 24.0. The average molecular weight is 629 g/mol. The van der Waals surface area contributed by atoms with Gasteiger partial charge in [0.25, 0.3) is 0 Å². The summed E-state index contributed by atoms with van der Waals surface area (Å²) in [6.45, 7) is 1.23. The number of aromatic carboxylic acids is 1. The molecule has 1 fully saturated rings. The minimum absolute atomic E-state index is 0.00226. The lowest BCUT2D eigenvalue weighted by Crippen LogP contribution is -2.31. The van der Waals surface area contributed by atoms with Gasteiger partial charge in [-0.05, 0) is 54.4 Å². The van der Waals surface area contributed by atoms with Crippen molar-refractivity contribution in [2.24, 2.45) is 7.05 Å². The number of ether oxygens (including phenoxy) is 2. The van der Waals surface area contributed by atoms with Crippen LogP contribution in [0.5, 0.6) is 5.88 Å². The molecule has 1 aliphatic heterocycles. The van der Waals surface area contributed by atoms with E-state index in [1.807, 2.05) is 23.9 Å². The number of hydrogen-bond acceptors (Lipinski definition) is 8. The predicted octanol–water partition coefficient (Wildman–Crippen LogP) is 5.89. The molecule has 0 radical (unpaired) electrons. The van der Waals surface area contributed by atoms with Crippen LogP contribution in [-0.4, -0.2) is 53.1 Å². The number of fused-ring (bicyclic) bond motifs is 1. The molecule has 0 saturated carbocycles. The summed E-state index contributed by atoms with van der Waals surface area (Å²) in [4.78, 5) is 25.9. The minimum atomic E-state index is -1.06. The van der Waals surface area contributed by atoms with E-state index < -0.39 is 17.6 Å². The summed E-state index contributed by atoms with van der Waals surface area (Å²) in [6, 6.07) is 13.7. The molecule has 2 aromatic carbocycles. The number of aryl methyl sites for hydroxylation is 1. The van der Waals surface area contributed by atoms with Gasteiger partial charge >= 0.3 is 5.97 Å². The van der Waals surface area contributed by atoms with Crippen LogP contribution in [0.25, 0.3) is 32.9 Å². The third kappa shape index (κ3) is 5.91. The number of rotatable bonds is 10. The van der Waals surface area contributed by atoms with Crippen molar-refractivity contribution in [2.75, 3.05) is 6.61 Å². The van der Waals surface area contributed by atoms with Crippen LogP contribution in [0, 0.1) is 11.6 Å². The lowest BCUT2D eigenvalue weighted by atomic mass is 10.0. The molecule has 0 spiro atoms. The zero-order chi connectivity index (χ0) is 31.1. The van der Waals surface area contributed by atoms with E-state index in [1.165, 1.54) is 17.4 Å². The van der Waals surface area contributed by atoms with Crippen molar-refractivity contribution < 1.29 is 28.2 Å². The van der Waals surface area contributed by atoms with E-state index in [2.05, 4.69) is 20.1 Å². The first-order valence-electron chi connectivity index (χ1n) is 14.2. The second-order valence-electron chi connectivity index (χ2n) is 10.7. The first-order valence-corrected chi connectivity index (χ1v) is 15.0. The Morgan fingerprint density at radius 2 is 1.98 bits per heavy atom. The number of hydrogen-bond donors (Lipinski definition) is 1. The smallest absolute Gasteiger partial charge is 0.335 e. The molecule has 7 rings (SSSR count). The van der Waals surface area contributed by atoms with Gasteiger partial charge in [0.1, 0.15) is 34.8 Å². The number of benzene rings is 2. The molecule has 1 saturated heterocycles. The lowest BCUT2D eigenvalue weighted by Gasteiger charge is -2.27. The summed E-state index contributed by atoms with van der Waals surface area (Å²) in [5, 5.41) is 14.6. The van der Waals surface area contributed by atoms with Crippen LogP contribution >= 0.6 is 11.3 Å². The summed E-state index contributed by atoms with van der Waals surface area (Å²) in [7, 11) is 1.85. The van der Waals surface area contributed by atoms with Gasteiger partial charge in [-0.1, -0.05) is 6.07 Å². The van der Waals surface area contributed by atoms with Gasteiger partial charge in [-0.2, -0.15) is 5.10 Å². The Balaban J connectivity index is 1.11. The van der Waals surface area contributed by atoms with Crippen LogP contribution in [0.15, 0.2) is 67.0 Å². The molecule has 6 aromatic rings. The van der Waals surface area contributed by atoms with Gasteiger partial charge in [-0.15, -0.1) is 11.3 Å². The molecule has 0 aliphatic carbocycles. The lowest BCUT2D eigenvalue weighted by molar-refractivity contribution is -0.0589. The average Bonchev–Trinajstić information content (AvgIpc) is 3.74. The Hall–Kier alpha value is -5.01. The van der Waals surface area contributed by atoms with Gasteiger partial charge < -0.3 is 19.1 Å². The van der Waals surface area contributed by atoms with Crippen LogP contribution in [0.3, 0.4) is 0 Å². The minimum Gasteiger partial charge on any atom is -0.478 e. The fourth-order valence-corrected chi connectivity index (χ4v) is 5.99. The maximum atomic E-state index is 15.5. The summed E-state index contributed by atoms with van der Waals surface area (Å²) in [5.41, 5.74) is 2.43. The number of carboxylic acid groups (broad SMARTS) is 1. The van der Waals surface area contributed by atoms with Crippen LogP contribution in [0.4, 0.5) is 8.78 Å². The van der Waals surface area contributed by atoms with Crippen LogP contribution in [-0.2, 0) is 31.4 Å². The Bertz CT molecular complexity index is 2050. The summed E-state index contributed by atoms with van der Waals surface area (Å²) in [6.07, 6.45) is 4.38. The second-order valence-corrected chi connectivity index (χ2v) is 11.8. The van der Waals surface area contributed by atoms with E-state index in [4.69, 9.17) is 9.47 Å². The van der Waals surface area contributed by atoms with E-state index in [-0.39, 0.29) is 47.4 Å². The van der Waals surface area contributed by atoms with Crippen LogP contribution < -0.4 is 4.74 Å². The Labute approximate surface area is 259 Å². The second kappa shape index (κ2) is 11.8. The van der Waals surface area contributed by atoms with Crippen molar-refractivity contribution in [1.82, 2.24) is 29.3 Å². The molecule has 1 aliphatic rings. The standard InChI is InChI=1S/C32H26F2N6O4S/c1-39-9-7-26(38-39)28-15-35-31(45-28)17-44-30-4-2-3-24(37-30)21-14-22(33)19(11-23(21)34)13-29-36-25-6-5-18(32(41)42)12-27(25)40(29)16-20-8-10-43-20/h2-7,9,11-12,14-15,20H,8,10,13,16-17H2,1H3,(H,41,42)/t20-/m0/s1. The number of pyridine rings is 1. The maximum absolute atomic E-state index is 15.5. The van der Waals surface area contributed by atoms with Crippen molar-refractivity contribution in [1.29, 1.82) is 0 Å². The fourth-order valence-electron chi connectivity index (χ4n) is 5.19. The van der Waals surface area contributed by atoms with Crippen LogP contribution in [0.2, 0.25) is 0 Å². The molecule has 4 aromatic heterocycles. The molecular formula is C32H26F2N6O4S. The number of nitrogens with zero attached hydrogens (tertiary/aromatic N) is 6. The van der Waals surface area contributed by atoms with Crippen molar-refractivity contribution in [3.8, 4) is 27.7 Å². The first kappa shape index (κ1) is 28.7. The highest BCUT2D eigenvalue weighted by Gasteiger charge is 2.24. The highest BCUT2D eigenvalue weighted by molar-refractivity contribution is 7.15. The Morgan fingerprint density at radius 3 is 2.73 bits per heavy atom. The van der Waals surface area contributed by atoms with Crippen molar-refractivity contribution in [3.63, 3.8) is 0 Å². The van der Waals surface area contributed by atoms with Crippen molar-refractivity contribution in [2.45, 2.75) is 32.1 Å². The largest absolute Gasteiger partial charge is 0.478 e. The molecule has 1 atom stereocenters. The third-order valence-corrected chi connectivity index (χ3v) is 8.59. The van der Waals surface area contributed by atoms with Crippen molar-refractivity contribution >= 4 is 28.3 Å². The quantitative estimate of drug-likeness (QED) is 0.200. The van der Waals surface area contributed by atoms with Gasteiger partial charge in [-0.3, -0.25) is 4.68 Å². The molecule has 10 nitrogen and oxygen atoms in total. The summed E-state index contributed by atoms with van der Waals surface area (Å²) in [5.74, 6) is -1.59.